The Morgan fingerprint density at radius 3 is 2.64 bits per heavy atom. The minimum Gasteiger partial charge on any atom is -0.473 e. The largest absolute Gasteiger partial charge is 0.473 e. The lowest BCUT2D eigenvalue weighted by Gasteiger charge is -2.34. The predicted molar refractivity (Wildman–Crippen MR) is 201 cm³/mol. The molecule has 53 heavy (non-hydrogen) atoms. The number of aryl methyl sites for hydroxylation is 2. The molecule has 2 N–H and O–H groups in total. The van der Waals surface area contributed by atoms with Crippen LogP contribution in [-0.4, -0.2) is 56.9 Å². The second-order valence-corrected chi connectivity index (χ2v) is 14.7. The Morgan fingerprint density at radius 1 is 1.06 bits per heavy atom. The molecule has 2 atom stereocenters. The van der Waals surface area contributed by atoms with Crippen LogP contribution in [0.1, 0.15) is 54.2 Å². The molecule has 2 unspecified atom stereocenters. The van der Waals surface area contributed by atoms with Gasteiger partial charge in [-0.2, -0.15) is 10.1 Å². The second-order valence-electron chi connectivity index (χ2n) is 14.3. The van der Waals surface area contributed by atoms with Crippen molar-refractivity contribution < 1.29 is 23.0 Å². The van der Waals surface area contributed by atoms with Crippen molar-refractivity contribution in [3.8, 4) is 5.88 Å². The quantitative estimate of drug-likeness (QED) is 0.144. The molecule has 9 rings (SSSR count). The number of anilines is 2. The topological polar surface area (TPSA) is 110 Å². The number of amides is 1. The average Bonchev–Trinajstić information content (AvgIpc) is 3.49. The van der Waals surface area contributed by atoms with Gasteiger partial charge >= 0.3 is 0 Å². The number of piperidine rings is 1. The van der Waals surface area contributed by atoms with E-state index < -0.39 is 0 Å². The smallest absolute Gasteiger partial charge is 0.215 e. The molecule has 3 aromatic heterocycles. The van der Waals surface area contributed by atoms with Gasteiger partial charge in [0.2, 0.25) is 12.3 Å². The highest BCUT2D eigenvalue weighted by Crippen LogP contribution is 2.65. The molecule has 0 bridgehead atoms. The highest BCUT2D eigenvalue weighted by atomic mass is 35.5. The Morgan fingerprint density at radius 2 is 1.89 bits per heavy atom. The van der Waals surface area contributed by atoms with Crippen molar-refractivity contribution in [3.63, 3.8) is 0 Å². The monoisotopic (exact) mass is 739 g/mol. The Kier molecular flexibility index (Phi) is 9.50. The summed E-state index contributed by atoms with van der Waals surface area (Å²) in [6, 6.07) is 19.6. The summed E-state index contributed by atoms with van der Waals surface area (Å²) in [6.45, 7) is 7.27. The van der Waals surface area contributed by atoms with E-state index in [1.165, 1.54) is 12.1 Å². The van der Waals surface area contributed by atoms with Gasteiger partial charge in [-0.25, -0.2) is 13.8 Å². The number of carbonyl (C=O) groups excluding carboxylic acids is 1. The second kappa shape index (κ2) is 14.4. The minimum atomic E-state index is -0.388. The number of nitrogens with zero attached hydrogens (tertiary/aromatic N) is 5. The maximum Gasteiger partial charge on any atom is 0.215 e. The van der Waals surface area contributed by atoms with Gasteiger partial charge in [0.15, 0.2) is 5.82 Å². The van der Waals surface area contributed by atoms with E-state index in [2.05, 4.69) is 31.0 Å². The fraction of sp³-hybridized carbons (Fsp3) is 0.350. The Labute approximate surface area is 310 Å². The molecule has 13 heteroatoms. The summed E-state index contributed by atoms with van der Waals surface area (Å²) >= 11 is 5.86. The number of halogens is 3. The standard InChI is InChI=1S/C31H31ClFN5O3.C9H9FN2/c32-21-5-4-20(25(33)14-21)18-41-29-3-1-2-28(36-29)37-11-9-31(10-12-37)16-24(31)30-35-26-15-22(34-19-39)6-7-27(26)38(30)17-23-8-13-40-23;1-5-3-7-6(2)11-12-9(7)8(10)4-5/h1-7,14-15,19,23-24H,8-13,16-18H2,(H,34,39);3-4H,1-2H3,(H,11,12). The number of imidazole rings is 1. The Balaban J connectivity index is 0.000000282. The minimum absolute atomic E-state index is 0.0871. The van der Waals surface area contributed by atoms with E-state index in [0.29, 0.717) is 34.3 Å². The molecule has 5 heterocycles. The molecule has 1 amide bonds. The van der Waals surface area contributed by atoms with Crippen molar-refractivity contribution in [2.24, 2.45) is 5.41 Å². The first kappa shape index (κ1) is 35.0. The number of hydrogen-bond donors (Lipinski definition) is 2. The molecule has 3 fully saturated rings. The lowest BCUT2D eigenvalue weighted by atomic mass is 9.90. The molecule has 0 radical (unpaired) electrons. The van der Waals surface area contributed by atoms with Gasteiger partial charge in [-0.1, -0.05) is 23.7 Å². The van der Waals surface area contributed by atoms with Crippen LogP contribution in [0.2, 0.25) is 5.02 Å². The molecule has 1 spiro atoms. The zero-order valence-electron chi connectivity index (χ0n) is 29.5. The fourth-order valence-corrected chi connectivity index (χ4v) is 7.79. The van der Waals surface area contributed by atoms with Gasteiger partial charge in [0, 0.05) is 59.0 Å². The summed E-state index contributed by atoms with van der Waals surface area (Å²) in [5.41, 5.74) is 5.68. The van der Waals surface area contributed by atoms with E-state index in [4.69, 9.17) is 31.0 Å². The van der Waals surface area contributed by atoms with Crippen LogP contribution < -0.4 is 15.0 Å². The zero-order valence-corrected chi connectivity index (χ0v) is 30.3. The van der Waals surface area contributed by atoms with E-state index in [0.717, 1.165) is 96.9 Å². The predicted octanol–water partition coefficient (Wildman–Crippen LogP) is 8.25. The molecule has 1 saturated carbocycles. The van der Waals surface area contributed by atoms with Crippen LogP contribution in [0, 0.1) is 30.9 Å². The van der Waals surface area contributed by atoms with Crippen LogP contribution in [0.3, 0.4) is 0 Å². The van der Waals surface area contributed by atoms with Gasteiger partial charge in [-0.15, -0.1) is 0 Å². The third kappa shape index (κ3) is 7.17. The first-order valence-electron chi connectivity index (χ1n) is 17.9. The van der Waals surface area contributed by atoms with Crippen molar-refractivity contribution in [1.29, 1.82) is 0 Å². The van der Waals surface area contributed by atoms with Crippen molar-refractivity contribution in [2.45, 2.75) is 64.7 Å². The number of aromatic amines is 1. The molecule has 2 saturated heterocycles. The molecule has 274 valence electrons. The summed E-state index contributed by atoms with van der Waals surface area (Å²) < 4.78 is 41.3. The molecule has 1 aliphatic carbocycles. The fourth-order valence-electron chi connectivity index (χ4n) is 7.63. The lowest BCUT2D eigenvalue weighted by Crippen LogP contribution is -2.36. The SMILES string of the molecule is Cc1cc(F)c2n[nH]c(C)c2c1.O=CNc1ccc2c(c1)nc(C1CC13CCN(c1cccc(OCc4ccc(Cl)cc4F)n1)CC3)n2CC1CCO1. The van der Waals surface area contributed by atoms with E-state index in [1.807, 2.05) is 44.2 Å². The van der Waals surface area contributed by atoms with Gasteiger partial charge < -0.3 is 24.3 Å². The van der Waals surface area contributed by atoms with Crippen LogP contribution in [0.25, 0.3) is 21.9 Å². The number of rotatable bonds is 9. The summed E-state index contributed by atoms with van der Waals surface area (Å²) in [5.74, 6) is 2.23. The normalized spacial score (nSPS) is 18.8. The maximum absolute atomic E-state index is 14.2. The van der Waals surface area contributed by atoms with Crippen LogP contribution in [0.15, 0.2) is 66.7 Å². The number of H-pyrrole nitrogens is 1. The molecule has 10 nitrogen and oxygen atoms in total. The molecule has 6 aromatic rings. The van der Waals surface area contributed by atoms with Gasteiger partial charge in [0.25, 0.3) is 0 Å². The van der Waals surface area contributed by atoms with Crippen molar-refractivity contribution in [2.75, 3.05) is 29.9 Å². The van der Waals surface area contributed by atoms with E-state index in [-0.39, 0.29) is 29.8 Å². The summed E-state index contributed by atoms with van der Waals surface area (Å²) in [4.78, 5) is 23.1. The third-order valence-corrected chi connectivity index (χ3v) is 11.0. The average molecular weight is 740 g/mol. The number of nitrogens with one attached hydrogen (secondary N) is 2. The van der Waals surface area contributed by atoms with Gasteiger partial charge in [0.05, 0.1) is 23.7 Å². The van der Waals surface area contributed by atoms with Crippen LogP contribution in [-0.2, 0) is 22.7 Å². The lowest BCUT2D eigenvalue weighted by molar-refractivity contribution is -0.105. The van der Waals surface area contributed by atoms with Crippen molar-refractivity contribution in [3.05, 3.63) is 106 Å². The number of fused-ring (bicyclic) bond motifs is 2. The van der Waals surface area contributed by atoms with E-state index in [9.17, 15) is 13.6 Å². The number of aromatic nitrogens is 5. The molecular weight excluding hydrogens is 700 g/mol. The van der Waals surface area contributed by atoms with Crippen molar-refractivity contribution in [1.82, 2.24) is 24.7 Å². The number of benzene rings is 3. The van der Waals surface area contributed by atoms with Crippen LogP contribution >= 0.6 is 11.6 Å². The number of pyridine rings is 1. The van der Waals surface area contributed by atoms with Gasteiger partial charge in [-0.05, 0) is 99.0 Å². The first-order valence-corrected chi connectivity index (χ1v) is 18.3. The third-order valence-electron chi connectivity index (χ3n) is 10.8. The molecule has 3 aliphatic rings. The highest BCUT2D eigenvalue weighted by molar-refractivity contribution is 6.30. The summed E-state index contributed by atoms with van der Waals surface area (Å²) in [5, 5.41) is 10.6. The van der Waals surface area contributed by atoms with Crippen LogP contribution in [0.5, 0.6) is 5.88 Å². The Bertz CT molecular complexity index is 2300. The van der Waals surface area contributed by atoms with Gasteiger partial charge in [-0.3, -0.25) is 9.89 Å². The van der Waals surface area contributed by atoms with Gasteiger partial charge in [0.1, 0.15) is 29.6 Å². The number of carbonyl (C=O) groups is 1. The molecule has 2 aliphatic heterocycles. The zero-order chi connectivity index (χ0) is 36.7. The molecular formula is C40H40ClF2N7O3. The van der Waals surface area contributed by atoms with Crippen LogP contribution in [0.4, 0.5) is 20.3 Å². The maximum atomic E-state index is 14.2. The van der Waals surface area contributed by atoms with E-state index >= 15 is 0 Å². The Hall–Kier alpha value is -5.07. The first-order chi connectivity index (χ1) is 25.7. The summed E-state index contributed by atoms with van der Waals surface area (Å²) in [6.07, 6.45) is 5.23. The highest BCUT2D eigenvalue weighted by Gasteiger charge is 2.57. The number of hydrogen-bond acceptors (Lipinski definition) is 7. The molecule has 3 aromatic carbocycles. The number of ether oxygens (including phenoxy) is 2. The summed E-state index contributed by atoms with van der Waals surface area (Å²) in [7, 11) is 0. The van der Waals surface area contributed by atoms with Crippen molar-refractivity contribution >= 4 is 51.5 Å². The van der Waals surface area contributed by atoms with E-state index in [1.54, 1.807) is 18.2 Å².